The number of rotatable bonds is 5. The standard InChI is InChI=1S/C16H23NO5/c1-10(8-14(18)19)11-6-7-12(13(9-11)21-5)17-15(20)22-16(2,3)4/h6-7,9-10H,8H2,1-5H3,(H,17,20)(H,18,19). The smallest absolute Gasteiger partial charge is 0.412 e. The highest BCUT2D eigenvalue weighted by molar-refractivity contribution is 5.87. The summed E-state index contributed by atoms with van der Waals surface area (Å²) in [6, 6.07) is 5.17. The molecule has 1 aromatic rings. The van der Waals surface area contributed by atoms with E-state index in [1.54, 1.807) is 39.0 Å². The maximum atomic E-state index is 11.8. The number of carboxylic acid groups (broad SMARTS) is 1. The summed E-state index contributed by atoms with van der Waals surface area (Å²) in [5.74, 6) is -0.551. The van der Waals surface area contributed by atoms with Crippen molar-refractivity contribution in [3.05, 3.63) is 23.8 Å². The van der Waals surface area contributed by atoms with Gasteiger partial charge >= 0.3 is 12.1 Å². The van der Waals surface area contributed by atoms with Crippen molar-refractivity contribution in [3.63, 3.8) is 0 Å². The molecule has 0 spiro atoms. The topological polar surface area (TPSA) is 84.9 Å². The van der Waals surface area contributed by atoms with Gasteiger partial charge in [0, 0.05) is 0 Å². The molecule has 0 aliphatic heterocycles. The van der Waals surface area contributed by atoms with Crippen LogP contribution in [0.2, 0.25) is 0 Å². The zero-order valence-corrected chi connectivity index (χ0v) is 13.6. The first-order valence-corrected chi connectivity index (χ1v) is 7.02. The van der Waals surface area contributed by atoms with Crippen LogP contribution >= 0.6 is 0 Å². The molecule has 0 saturated carbocycles. The number of anilines is 1. The van der Waals surface area contributed by atoms with Crippen molar-refractivity contribution in [2.24, 2.45) is 0 Å². The first kappa shape index (κ1) is 17.8. The number of carboxylic acids is 1. The predicted molar refractivity (Wildman–Crippen MR) is 83.5 cm³/mol. The number of methoxy groups -OCH3 is 1. The zero-order valence-electron chi connectivity index (χ0n) is 13.6. The Morgan fingerprint density at radius 2 is 1.95 bits per heavy atom. The molecule has 1 rings (SSSR count). The number of ether oxygens (including phenoxy) is 2. The Morgan fingerprint density at radius 1 is 1.32 bits per heavy atom. The van der Waals surface area contributed by atoms with Crippen LogP contribution in [0.3, 0.4) is 0 Å². The third-order valence-electron chi connectivity index (χ3n) is 2.91. The third kappa shape index (κ3) is 5.63. The van der Waals surface area contributed by atoms with Gasteiger partial charge in [-0.05, 0) is 44.4 Å². The third-order valence-corrected chi connectivity index (χ3v) is 2.91. The van der Waals surface area contributed by atoms with Gasteiger partial charge in [0.2, 0.25) is 0 Å². The molecule has 0 radical (unpaired) electrons. The SMILES string of the molecule is COc1cc(C(C)CC(=O)O)ccc1NC(=O)OC(C)(C)C. The van der Waals surface area contributed by atoms with Gasteiger partial charge in [-0.1, -0.05) is 13.0 Å². The van der Waals surface area contributed by atoms with Gasteiger partial charge in [0.05, 0.1) is 19.2 Å². The Bertz CT molecular complexity index is 548. The van der Waals surface area contributed by atoms with Crippen LogP contribution in [0.1, 0.15) is 45.6 Å². The molecule has 1 unspecified atom stereocenters. The van der Waals surface area contributed by atoms with Crippen molar-refractivity contribution in [2.75, 3.05) is 12.4 Å². The number of hydrogen-bond donors (Lipinski definition) is 2. The van der Waals surface area contributed by atoms with Crippen molar-refractivity contribution in [1.29, 1.82) is 0 Å². The van der Waals surface area contributed by atoms with E-state index in [1.165, 1.54) is 7.11 Å². The normalized spacial score (nSPS) is 12.4. The van der Waals surface area contributed by atoms with Crippen LogP contribution in [-0.2, 0) is 9.53 Å². The largest absolute Gasteiger partial charge is 0.495 e. The number of nitrogens with one attached hydrogen (secondary N) is 1. The fourth-order valence-electron chi connectivity index (χ4n) is 1.91. The number of carbonyl (C=O) groups excluding carboxylic acids is 1. The lowest BCUT2D eigenvalue weighted by molar-refractivity contribution is -0.137. The van der Waals surface area contributed by atoms with Crippen molar-refractivity contribution in [2.45, 2.75) is 45.6 Å². The summed E-state index contributed by atoms with van der Waals surface area (Å²) in [5.41, 5.74) is 0.713. The average molecular weight is 309 g/mol. The van der Waals surface area contributed by atoms with E-state index in [0.717, 1.165) is 5.56 Å². The van der Waals surface area contributed by atoms with Crippen LogP contribution < -0.4 is 10.1 Å². The van der Waals surface area contributed by atoms with E-state index < -0.39 is 17.7 Å². The van der Waals surface area contributed by atoms with Crippen LogP contribution in [0.25, 0.3) is 0 Å². The Kier molecular flexibility index (Phi) is 5.79. The molecule has 0 aliphatic carbocycles. The summed E-state index contributed by atoms with van der Waals surface area (Å²) in [4.78, 5) is 22.6. The molecule has 0 saturated heterocycles. The van der Waals surface area contributed by atoms with E-state index in [2.05, 4.69) is 5.32 Å². The molecule has 122 valence electrons. The second-order valence-electron chi connectivity index (χ2n) is 6.09. The highest BCUT2D eigenvalue weighted by Crippen LogP contribution is 2.30. The summed E-state index contributed by atoms with van der Waals surface area (Å²) in [5, 5.41) is 11.5. The van der Waals surface area contributed by atoms with Gasteiger partial charge in [-0.2, -0.15) is 0 Å². The van der Waals surface area contributed by atoms with Crippen molar-refractivity contribution in [1.82, 2.24) is 0 Å². The molecule has 0 aliphatic rings. The van der Waals surface area contributed by atoms with Crippen molar-refractivity contribution in [3.8, 4) is 5.75 Å². The first-order valence-electron chi connectivity index (χ1n) is 7.02. The first-order chi connectivity index (χ1) is 10.1. The number of hydrogen-bond acceptors (Lipinski definition) is 4. The maximum absolute atomic E-state index is 11.8. The predicted octanol–water partition coefficient (Wildman–Crippen LogP) is 3.62. The molecule has 1 atom stereocenters. The lowest BCUT2D eigenvalue weighted by Crippen LogP contribution is -2.27. The molecule has 6 heteroatoms. The average Bonchev–Trinajstić information content (AvgIpc) is 2.35. The van der Waals surface area contributed by atoms with Gasteiger partial charge in [-0.3, -0.25) is 10.1 Å². The molecule has 0 fully saturated rings. The summed E-state index contributed by atoms with van der Waals surface area (Å²) in [6.45, 7) is 7.16. The van der Waals surface area contributed by atoms with E-state index in [0.29, 0.717) is 11.4 Å². The van der Waals surface area contributed by atoms with Gasteiger partial charge < -0.3 is 14.6 Å². The molecule has 0 heterocycles. The molecular formula is C16H23NO5. The molecule has 2 N–H and O–H groups in total. The Labute approximate surface area is 130 Å². The minimum atomic E-state index is -0.859. The van der Waals surface area contributed by atoms with Gasteiger partial charge in [0.1, 0.15) is 11.4 Å². The minimum Gasteiger partial charge on any atom is -0.495 e. The van der Waals surface area contributed by atoms with E-state index in [1.807, 2.05) is 6.92 Å². The number of benzene rings is 1. The molecule has 6 nitrogen and oxygen atoms in total. The van der Waals surface area contributed by atoms with Crippen LogP contribution in [0.15, 0.2) is 18.2 Å². The zero-order chi connectivity index (χ0) is 16.9. The Balaban J connectivity index is 2.89. The van der Waals surface area contributed by atoms with E-state index in [4.69, 9.17) is 14.6 Å². The number of carbonyl (C=O) groups is 2. The second-order valence-corrected chi connectivity index (χ2v) is 6.09. The summed E-state index contributed by atoms with van der Waals surface area (Å²) in [7, 11) is 1.49. The van der Waals surface area contributed by atoms with Crippen molar-refractivity contribution >= 4 is 17.7 Å². The van der Waals surface area contributed by atoms with Gasteiger partial charge in [-0.25, -0.2) is 4.79 Å². The lowest BCUT2D eigenvalue weighted by Gasteiger charge is -2.20. The van der Waals surface area contributed by atoms with E-state index in [9.17, 15) is 9.59 Å². The number of aliphatic carboxylic acids is 1. The molecule has 1 aromatic carbocycles. The molecule has 0 bridgehead atoms. The minimum absolute atomic E-state index is 0.0298. The molecular weight excluding hydrogens is 286 g/mol. The lowest BCUT2D eigenvalue weighted by atomic mass is 9.97. The fourth-order valence-corrected chi connectivity index (χ4v) is 1.91. The molecule has 1 amide bonds. The Hall–Kier alpha value is -2.24. The van der Waals surface area contributed by atoms with Crippen LogP contribution in [-0.4, -0.2) is 29.9 Å². The summed E-state index contributed by atoms with van der Waals surface area (Å²) >= 11 is 0. The summed E-state index contributed by atoms with van der Waals surface area (Å²) < 4.78 is 10.4. The summed E-state index contributed by atoms with van der Waals surface area (Å²) in [6.07, 6.45) is -0.542. The van der Waals surface area contributed by atoms with Gasteiger partial charge in [-0.15, -0.1) is 0 Å². The van der Waals surface area contributed by atoms with E-state index >= 15 is 0 Å². The monoisotopic (exact) mass is 309 g/mol. The molecule has 0 aromatic heterocycles. The van der Waals surface area contributed by atoms with Crippen molar-refractivity contribution < 1.29 is 24.2 Å². The van der Waals surface area contributed by atoms with Crippen LogP contribution in [0.4, 0.5) is 10.5 Å². The quantitative estimate of drug-likeness (QED) is 0.867. The van der Waals surface area contributed by atoms with Gasteiger partial charge in [0.25, 0.3) is 0 Å². The van der Waals surface area contributed by atoms with Crippen LogP contribution in [0, 0.1) is 0 Å². The fraction of sp³-hybridized carbons (Fsp3) is 0.500. The maximum Gasteiger partial charge on any atom is 0.412 e. The Morgan fingerprint density at radius 3 is 2.45 bits per heavy atom. The molecule has 22 heavy (non-hydrogen) atoms. The van der Waals surface area contributed by atoms with Crippen LogP contribution in [0.5, 0.6) is 5.75 Å². The van der Waals surface area contributed by atoms with Gasteiger partial charge in [0.15, 0.2) is 0 Å². The second kappa shape index (κ2) is 7.15. The van der Waals surface area contributed by atoms with E-state index in [-0.39, 0.29) is 12.3 Å². The number of amides is 1. The highest BCUT2D eigenvalue weighted by Gasteiger charge is 2.18. The highest BCUT2D eigenvalue weighted by atomic mass is 16.6.